The number of amides is 1. The van der Waals surface area contributed by atoms with Gasteiger partial charge in [0.05, 0.1) is 17.2 Å². The van der Waals surface area contributed by atoms with Gasteiger partial charge in [0.25, 0.3) is 5.91 Å². The van der Waals surface area contributed by atoms with Crippen LogP contribution in [0, 0.1) is 13.8 Å². The van der Waals surface area contributed by atoms with Crippen LogP contribution < -0.4 is 10.1 Å². The molecule has 134 valence electrons. The topological polar surface area (TPSA) is 51.2 Å². The van der Waals surface area contributed by atoms with Crippen molar-refractivity contribution in [1.82, 2.24) is 10.3 Å². The Morgan fingerprint density at radius 3 is 2.73 bits per heavy atom. The molecule has 1 N–H and O–H groups in total. The van der Waals surface area contributed by atoms with Crippen LogP contribution in [0.2, 0.25) is 0 Å². The summed E-state index contributed by atoms with van der Waals surface area (Å²) in [6, 6.07) is 16.2. The summed E-state index contributed by atoms with van der Waals surface area (Å²) in [5.41, 5.74) is 4.32. The largest absolute Gasteiger partial charge is 0.484 e. The van der Waals surface area contributed by atoms with Crippen molar-refractivity contribution < 1.29 is 9.53 Å². The molecule has 0 bridgehead atoms. The number of nitrogens with one attached hydrogen (secondary N) is 1. The summed E-state index contributed by atoms with van der Waals surface area (Å²) in [4.78, 5) is 16.6. The van der Waals surface area contributed by atoms with Gasteiger partial charge >= 0.3 is 0 Å². The summed E-state index contributed by atoms with van der Waals surface area (Å²) in [5, 5.41) is 5.90. The van der Waals surface area contributed by atoms with E-state index in [2.05, 4.69) is 22.4 Å². The van der Waals surface area contributed by atoms with Crippen LogP contribution in [0.5, 0.6) is 5.75 Å². The Hall–Kier alpha value is -2.66. The lowest BCUT2D eigenvalue weighted by Gasteiger charge is -2.09. The van der Waals surface area contributed by atoms with Gasteiger partial charge in [-0.25, -0.2) is 4.98 Å². The third kappa shape index (κ3) is 5.17. The van der Waals surface area contributed by atoms with Gasteiger partial charge in [-0.15, -0.1) is 11.3 Å². The summed E-state index contributed by atoms with van der Waals surface area (Å²) in [7, 11) is 0. The van der Waals surface area contributed by atoms with E-state index >= 15 is 0 Å². The highest BCUT2D eigenvalue weighted by molar-refractivity contribution is 7.09. The second-order valence-corrected chi connectivity index (χ2v) is 7.17. The maximum Gasteiger partial charge on any atom is 0.258 e. The highest BCUT2D eigenvalue weighted by Crippen LogP contribution is 2.18. The molecule has 0 aliphatic carbocycles. The van der Waals surface area contributed by atoms with Gasteiger partial charge in [-0.1, -0.05) is 48.0 Å². The molecular weight excluding hydrogens is 344 g/mol. The second-order valence-electron chi connectivity index (χ2n) is 6.23. The predicted molar refractivity (Wildman–Crippen MR) is 105 cm³/mol. The Labute approximate surface area is 157 Å². The summed E-state index contributed by atoms with van der Waals surface area (Å²) >= 11 is 1.62. The lowest BCUT2D eigenvalue weighted by molar-refractivity contribution is -0.123. The second kappa shape index (κ2) is 8.63. The molecule has 26 heavy (non-hydrogen) atoms. The van der Waals surface area contributed by atoms with E-state index in [-0.39, 0.29) is 12.5 Å². The molecule has 0 fully saturated rings. The molecule has 5 heteroatoms. The van der Waals surface area contributed by atoms with Crippen LogP contribution in [0.25, 0.3) is 0 Å². The fourth-order valence-corrected chi connectivity index (χ4v) is 3.45. The van der Waals surface area contributed by atoms with Crippen LogP contribution in [0.4, 0.5) is 0 Å². The predicted octanol–water partition coefficient (Wildman–Crippen LogP) is 4.05. The van der Waals surface area contributed by atoms with Gasteiger partial charge < -0.3 is 10.1 Å². The van der Waals surface area contributed by atoms with Gasteiger partial charge in [-0.3, -0.25) is 4.79 Å². The standard InChI is InChI=1S/C21H22N2O2S/c1-15-8-9-19(16(2)10-15)25-13-20(24)22-12-18-14-26-21(23-18)11-17-6-4-3-5-7-17/h3-10,14H,11-13H2,1-2H3,(H,22,24). The van der Waals surface area contributed by atoms with Crippen molar-refractivity contribution >= 4 is 17.2 Å². The summed E-state index contributed by atoms with van der Waals surface area (Å²) < 4.78 is 5.60. The zero-order valence-electron chi connectivity index (χ0n) is 15.0. The first-order valence-corrected chi connectivity index (χ1v) is 9.42. The molecule has 4 nitrogen and oxygen atoms in total. The van der Waals surface area contributed by atoms with Gasteiger partial charge in [0.2, 0.25) is 0 Å². The van der Waals surface area contributed by atoms with Gasteiger partial charge in [-0.2, -0.15) is 0 Å². The molecule has 0 unspecified atom stereocenters. The first kappa shape index (κ1) is 18.1. The van der Waals surface area contributed by atoms with Crippen LogP contribution in [-0.2, 0) is 17.8 Å². The third-order valence-electron chi connectivity index (χ3n) is 3.95. The van der Waals surface area contributed by atoms with Gasteiger partial charge in [0.1, 0.15) is 5.75 Å². The van der Waals surface area contributed by atoms with Crippen molar-refractivity contribution in [1.29, 1.82) is 0 Å². The molecule has 0 aliphatic rings. The van der Waals surface area contributed by atoms with Gasteiger partial charge in [0, 0.05) is 11.8 Å². The Morgan fingerprint density at radius 2 is 1.96 bits per heavy atom. The number of rotatable bonds is 7. The van der Waals surface area contributed by atoms with E-state index in [4.69, 9.17) is 4.74 Å². The van der Waals surface area contributed by atoms with Crippen LogP contribution >= 0.6 is 11.3 Å². The lowest BCUT2D eigenvalue weighted by Crippen LogP contribution is -2.28. The molecule has 0 spiro atoms. The van der Waals surface area contributed by atoms with Crippen LogP contribution in [0.1, 0.15) is 27.4 Å². The molecule has 0 atom stereocenters. The number of thiazole rings is 1. The summed E-state index contributed by atoms with van der Waals surface area (Å²) in [5.74, 6) is 0.590. The van der Waals surface area contributed by atoms with Crippen molar-refractivity contribution in [2.45, 2.75) is 26.8 Å². The minimum absolute atomic E-state index is 0.00487. The number of aryl methyl sites for hydroxylation is 2. The number of carbonyl (C=O) groups excluding carboxylic acids is 1. The van der Waals surface area contributed by atoms with Crippen LogP contribution in [0.15, 0.2) is 53.9 Å². The fourth-order valence-electron chi connectivity index (χ4n) is 2.63. The molecule has 1 amide bonds. The minimum Gasteiger partial charge on any atom is -0.484 e. The number of nitrogens with zero attached hydrogens (tertiary/aromatic N) is 1. The minimum atomic E-state index is -0.150. The number of ether oxygens (including phenoxy) is 1. The third-order valence-corrected chi connectivity index (χ3v) is 4.85. The highest BCUT2D eigenvalue weighted by atomic mass is 32.1. The van der Waals surface area contributed by atoms with E-state index < -0.39 is 0 Å². The molecule has 3 aromatic rings. The molecule has 0 aliphatic heterocycles. The zero-order chi connectivity index (χ0) is 18.4. The van der Waals surface area contributed by atoms with Crippen molar-refractivity contribution in [3.63, 3.8) is 0 Å². The monoisotopic (exact) mass is 366 g/mol. The van der Waals surface area contributed by atoms with E-state index in [0.29, 0.717) is 6.54 Å². The first-order chi connectivity index (χ1) is 12.6. The smallest absolute Gasteiger partial charge is 0.258 e. The van der Waals surface area contributed by atoms with Gasteiger partial charge in [-0.05, 0) is 31.0 Å². The van der Waals surface area contributed by atoms with E-state index in [1.807, 2.05) is 55.6 Å². The maximum absolute atomic E-state index is 12.0. The molecule has 1 aromatic heterocycles. The molecule has 1 heterocycles. The number of hydrogen-bond donors (Lipinski definition) is 1. The highest BCUT2D eigenvalue weighted by Gasteiger charge is 2.07. The Bertz CT molecular complexity index is 875. The fraction of sp³-hybridized carbons (Fsp3) is 0.238. The number of hydrogen-bond acceptors (Lipinski definition) is 4. The number of aromatic nitrogens is 1. The average Bonchev–Trinajstić information content (AvgIpc) is 3.07. The van der Waals surface area contributed by atoms with E-state index in [1.165, 1.54) is 11.1 Å². The summed E-state index contributed by atoms with van der Waals surface area (Å²) in [6.07, 6.45) is 0.815. The Balaban J connectivity index is 1.46. The molecule has 0 saturated carbocycles. The normalized spacial score (nSPS) is 10.5. The molecular formula is C21H22N2O2S. The van der Waals surface area contributed by atoms with Crippen molar-refractivity contribution in [3.8, 4) is 5.75 Å². The van der Waals surface area contributed by atoms with Crippen LogP contribution in [-0.4, -0.2) is 17.5 Å². The SMILES string of the molecule is Cc1ccc(OCC(=O)NCc2csc(Cc3ccccc3)n2)c(C)c1. The maximum atomic E-state index is 12.0. The Kier molecular flexibility index (Phi) is 6.02. The van der Waals surface area contributed by atoms with Crippen molar-refractivity contribution in [2.75, 3.05) is 6.61 Å². The molecule has 2 aromatic carbocycles. The number of carbonyl (C=O) groups is 1. The molecule has 3 rings (SSSR count). The number of benzene rings is 2. The quantitative estimate of drug-likeness (QED) is 0.686. The van der Waals surface area contributed by atoms with E-state index in [9.17, 15) is 4.79 Å². The van der Waals surface area contributed by atoms with Gasteiger partial charge in [0.15, 0.2) is 6.61 Å². The lowest BCUT2D eigenvalue weighted by atomic mass is 10.1. The molecule has 0 radical (unpaired) electrons. The summed E-state index contributed by atoms with van der Waals surface area (Å²) in [6.45, 7) is 4.43. The van der Waals surface area contributed by atoms with E-state index in [0.717, 1.165) is 28.4 Å². The Morgan fingerprint density at radius 1 is 1.15 bits per heavy atom. The average molecular weight is 366 g/mol. The van der Waals surface area contributed by atoms with Crippen molar-refractivity contribution in [2.24, 2.45) is 0 Å². The van der Waals surface area contributed by atoms with Crippen LogP contribution in [0.3, 0.4) is 0 Å². The van der Waals surface area contributed by atoms with Crippen molar-refractivity contribution in [3.05, 3.63) is 81.3 Å². The first-order valence-electron chi connectivity index (χ1n) is 8.54. The zero-order valence-corrected chi connectivity index (χ0v) is 15.8. The molecule has 0 saturated heterocycles. The van der Waals surface area contributed by atoms with E-state index in [1.54, 1.807) is 11.3 Å².